The highest BCUT2D eigenvalue weighted by Gasteiger charge is 2.24. The van der Waals surface area contributed by atoms with Crippen LogP contribution in [0.5, 0.6) is 0 Å². The first-order valence-corrected chi connectivity index (χ1v) is 6.63. The van der Waals surface area contributed by atoms with E-state index in [2.05, 4.69) is 17.0 Å². The van der Waals surface area contributed by atoms with Gasteiger partial charge in [-0.25, -0.2) is 9.50 Å². The molecule has 0 N–H and O–H groups in total. The van der Waals surface area contributed by atoms with E-state index in [0.29, 0.717) is 17.0 Å². The average Bonchev–Trinajstić information content (AvgIpc) is 2.78. The van der Waals surface area contributed by atoms with Crippen molar-refractivity contribution >= 4 is 17.2 Å². The van der Waals surface area contributed by atoms with E-state index >= 15 is 0 Å². The molecule has 1 aliphatic rings. The molecule has 0 radical (unpaired) electrons. The molecule has 1 saturated carbocycles. The third-order valence-corrected chi connectivity index (χ3v) is 4.10. The maximum Gasteiger partial charge on any atom is 0.156 e. The Morgan fingerprint density at radius 2 is 2.18 bits per heavy atom. The molecule has 0 saturated heterocycles. The number of fused-ring (bicyclic) bond motifs is 1. The fourth-order valence-corrected chi connectivity index (χ4v) is 3.08. The molecule has 17 heavy (non-hydrogen) atoms. The van der Waals surface area contributed by atoms with Crippen molar-refractivity contribution in [3.05, 3.63) is 29.2 Å². The van der Waals surface area contributed by atoms with Crippen LogP contribution in [0.1, 0.15) is 44.2 Å². The van der Waals surface area contributed by atoms with Crippen molar-refractivity contribution in [2.45, 2.75) is 38.5 Å². The van der Waals surface area contributed by atoms with Gasteiger partial charge in [0.15, 0.2) is 5.65 Å². The first-order chi connectivity index (χ1) is 8.25. The van der Waals surface area contributed by atoms with Crippen LogP contribution in [0.25, 0.3) is 5.65 Å². The smallest absolute Gasteiger partial charge is 0.156 e. The average molecular weight is 250 g/mol. The zero-order valence-electron chi connectivity index (χ0n) is 9.93. The van der Waals surface area contributed by atoms with Gasteiger partial charge in [0.2, 0.25) is 0 Å². The van der Waals surface area contributed by atoms with Crippen molar-refractivity contribution in [3.63, 3.8) is 0 Å². The third kappa shape index (κ3) is 1.93. The number of halogens is 1. The SMILES string of the molecule is C[C@H]1CCCC[C@H]1c1cc(Cl)n2nccc2n1. The second kappa shape index (κ2) is 4.30. The molecule has 0 aliphatic heterocycles. The minimum Gasteiger partial charge on any atom is -0.233 e. The number of hydrogen-bond donors (Lipinski definition) is 0. The van der Waals surface area contributed by atoms with Crippen molar-refractivity contribution in [2.75, 3.05) is 0 Å². The fourth-order valence-electron chi connectivity index (χ4n) is 2.84. The highest BCUT2D eigenvalue weighted by Crippen LogP contribution is 2.37. The first kappa shape index (κ1) is 11.0. The van der Waals surface area contributed by atoms with Gasteiger partial charge < -0.3 is 0 Å². The summed E-state index contributed by atoms with van der Waals surface area (Å²) < 4.78 is 1.68. The summed E-state index contributed by atoms with van der Waals surface area (Å²) in [6.07, 6.45) is 6.92. The van der Waals surface area contributed by atoms with Crippen LogP contribution in [0.3, 0.4) is 0 Å². The lowest BCUT2D eigenvalue weighted by atomic mass is 9.78. The van der Waals surface area contributed by atoms with Gasteiger partial charge in [0, 0.05) is 17.7 Å². The minimum absolute atomic E-state index is 0.557. The Kier molecular flexibility index (Phi) is 2.79. The van der Waals surface area contributed by atoms with Crippen LogP contribution >= 0.6 is 11.6 Å². The molecule has 0 aromatic carbocycles. The van der Waals surface area contributed by atoms with E-state index < -0.39 is 0 Å². The minimum atomic E-state index is 0.557. The van der Waals surface area contributed by atoms with Crippen molar-refractivity contribution in [1.82, 2.24) is 14.6 Å². The largest absolute Gasteiger partial charge is 0.233 e. The van der Waals surface area contributed by atoms with E-state index in [0.717, 1.165) is 11.3 Å². The Morgan fingerprint density at radius 3 is 3.00 bits per heavy atom. The Hall–Kier alpha value is -1.09. The van der Waals surface area contributed by atoms with E-state index in [-0.39, 0.29) is 0 Å². The summed E-state index contributed by atoms with van der Waals surface area (Å²) in [5.41, 5.74) is 1.99. The van der Waals surface area contributed by atoms with Crippen LogP contribution in [0.4, 0.5) is 0 Å². The second-order valence-corrected chi connectivity index (χ2v) is 5.36. The maximum absolute atomic E-state index is 6.23. The summed E-state index contributed by atoms with van der Waals surface area (Å²) in [6, 6.07) is 3.89. The molecular weight excluding hydrogens is 234 g/mol. The lowest BCUT2D eigenvalue weighted by Gasteiger charge is -2.28. The van der Waals surface area contributed by atoms with Crippen molar-refractivity contribution < 1.29 is 0 Å². The predicted octanol–water partition coefficient (Wildman–Crippen LogP) is 3.68. The topological polar surface area (TPSA) is 30.2 Å². The van der Waals surface area contributed by atoms with Gasteiger partial charge in [-0.15, -0.1) is 0 Å². The Bertz CT molecular complexity index is 534. The van der Waals surface area contributed by atoms with Crippen LogP contribution in [-0.4, -0.2) is 14.6 Å². The van der Waals surface area contributed by atoms with Crippen LogP contribution in [-0.2, 0) is 0 Å². The van der Waals surface area contributed by atoms with E-state index in [1.54, 1.807) is 10.7 Å². The summed E-state index contributed by atoms with van der Waals surface area (Å²) in [6.45, 7) is 2.32. The molecule has 0 unspecified atom stereocenters. The van der Waals surface area contributed by atoms with Gasteiger partial charge in [0.05, 0.1) is 6.20 Å². The molecule has 2 aromatic rings. The molecule has 1 fully saturated rings. The van der Waals surface area contributed by atoms with Gasteiger partial charge in [-0.1, -0.05) is 37.8 Å². The molecule has 0 spiro atoms. The quantitative estimate of drug-likeness (QED) is 0.722. The van der Waals surface area contributed by atoms with E-state index in [4.69, 9.17) is 11.6 Å². The van der Waals surface area contributed by atoms with Gasteiger partial charge in [-0.3, -0.25) is 0 Å². The number of nitrogens with zero attached hydrogens (tertiary/aromatic N) is 3. The molecule has 2 atom stereocenters. The zero-order valence-corrected chi connectivity index (χ0v) is 10.7. The highest BCUT2D eigenvalue weighted by atomic mass is 35.5. The summed E-state index contributed by atoms with van der Waals surface area (Å²) in [5.74, 6) is 1.26. The highest BCUT2D eigenvalue weighted by molar-refractivity contribution is 6.29. The molecule has 0 amide bonds. The fraction of sp³-hybridized carbons (Fsp3) is 0.538. The van der Waals surface area contributed by atoms with Crippen molar-refractivity contribution in [1.29, 1.82) is 0 Å². The summed E-state index contributed by atoms with van der Waals surface area (Å²) in [5, 5.41) is 4.81. The van der Waals surface area contributed by atoms with Gasteiger partial charge in [0.1, 0.15) is 5.15 Å². The molecular formula is C13H16ClN3. The molecule has 3 nitrogen and oxygen atoms in total. The van der Waals surface area contributed by atoms with Crippen molar-refractivity contribution in [3.8, 4) is 0 Å². The van der Waals surface area contributed by atoms with Crippen LogP contribution < -0.4 is 0 Å². The number of hydrogen-bond acceptors (Lipinski definition) is 2. The van der Waals surface area contributed by atoms with Gasteiger partial charge in [0.25, 0.3) is 0 Å². The first-order valence-electron chi connectivity index (χ1n) is 6.26. The zero-order chi connectivity index (χ0) is 11.8. The van der Waals surface area contributed by atoms with E-state index in [9.17, 15) is 0 Å². The number of aromatic nitrogens is 3. The third-order valence-electron chi connectivity index (χ3n) is 3.83. The molecule has 90 valence electrons. The molecule has 2 heterocycles. The lowest BCUT2D eigenvalue weighted by molar-refractivity contribution is 0.325. The van der Waals surface area contributed by atoms with Gasteiger partial charge in [-0.05, 0) is 18.4 Å². The Labute approximate surface area is 106 Å². The lowest BCUT2D eigenvalue weighted by Crippen LogP contribution is -2.16. The molecule has 1 aliphatic carbocycles. The van der Waals surface area contributed by atoms with Gasteiger partial charge >= 0.3 is 0 Å². The molecule has 3 rings (SSSR count). The summed E-state index contributed by atoms with van der Waals surface area (Å²) in [4.78, 5) is 4.69. The normalized spacial score (nSPS) is 25.3. The molecule has 4 heteroatoms. The van der Waals surface area contributed by atoms with Crippen LogP contribution in [0, 0.1) is 5.92 Å². The molecule has 2 aromatic heterocycles. The monoisotopic (exact) mass is 249 g/mol. The standard InChI is InChI=1S/C13H16ClN3/c1-9-4-2-3-5-10(9)11-8-12(14)17-13(16-11)6-7-15-17/h6-10H,2-5H2,1H3/t9-,10+/m0/s1. The van der Waals surface area contributed by atoms with E-state index in [1.165, 1.54) is 25.7 Å². The predicted molar refractivity (Wildman–Crippen MR) is 68.4 cm³/mol. The van der Waals surface area contributed by atoms with Crippen LogP contribution in [0.2, 0.25) is 5.15 Å². The summed E-state index contributed by atoms with van der Waals surface area (Å²) in [7, 11) is 0. The van der Waals surface area contributed by atoms with E-state index in [1.807, 2.05) is 12.1 Å². The Morgan fingerprint density at radius 1 is 1.35 bits per heavy atom. The maximum atomic E-state index is 6.23. The Balaban J connectivity index is 2.04. The van der Waals surface area contributed by atoms with Crippen LogP contribution in [0.15, 0.2) is 18.3 Å². The number of rotatable bonds is 1. The summed E-state index contributed by atoms with van der Waals surface area (Å²) >= 11 is 6.23. The van der Waals surface area contributed by atoms with Gasteiger partial charge in [-0.2, -0.15) is 5.10 Å². The second-order valence-electron chi connectivity index (χ2n) is 4.97. The molecule has 0 bridgehead atoms. The van der Waals surface area contributed by atoms with Crippen molar-refractivity contribution in [2.24, 2.45) is 5.92 Å².